The standard InChI is InChI=1S/C18H15ClF3N7O3S/c1-7(28-15(31)11-3-10(14(23)30)26-6-27-11)17-25-5-12(33-17)16(32)29-13-2-8(18(20,21)22)9(19)4-24-13/h3-7,13H,2H2,1H3,(H2,23,30)(H,28,31)(H,29,32)/t7-,13?/m1/s1. The van der Waals surface area contributed by atoms with Crippen LogP contribution in [0.2, 0.25) is 0 Å². The van der Waals surface area contributed by atoms with E-state index >= 15 is 0 Å². The van der Waals surface area contributed by atoms with Gasteiger partial charge in [0.15, 0.2) is 0 Å². The quantitative estimate of drug-likeness (QED) is 0.551. The number of nitrogens with one attached hydrogen (secondary N) is 2. The number of primary amides is 1. The summed E-state index contributed by atoms with van der Waals surface area (Å²) >= 11 is 6.49. The smallest absolute Gasteiger partial charge is 0.364 e. The third-order valence-corrected chi connectivity index (χ3v) is 5.82. The van der Waals surface area contributed by atoms with Gasteiger partial charge in [-0.1, -0.05) is 11.6 Å². The molecule has 2 atom stereocenters. The molecule has 1 unspecified atom stereocenters. The van der Waals surface area contributed by atoms with E-state index in [1.165, 1.54) is 6.20 Å². The molecule has 1 aliphatic heterocycles. The molecule has 2 aromatic heterocycles. The molecule has 0 saturated heterocycles. The number of hydrogen-bond acceptors (Lipinski definition) is 8. The summed E-state index contributed by atoms with van der Waals surface area (Å²) in [7, 11) is 0. The molecule has 0 aliphatic carbocycles. The van der Waals surface area contributed by atoms with E-state index in [0.29, 0.717) is 5.01 Å². The summed E-state index contributed by atoms with van der Waals surface area (Å²) in [6.45, 7) is 1.60. The number of alkyl halides is 3. The van der Waals surface area contributed by atoms with E-state index in [-0.39, 0.29) is 16.3 Å². The molecule has 0 aromatic carbocycles. The van der Waals surface area contributed by atoms with Crippen molar-refractivity contribution in [3.05, 3.63) is 50.5 Å². The first-order valence-corrected chi connectivity index (χ1v) is 10.3. The van der Waals surface area contributed by atoms with Crippen LogP contribution in [0, 0.1) is 0 Å². The number of amides is 3. The van der Waals surface area contributed by atoms with Gasteiger partial charge in [0, 0.05) is 18.7 Å². The van der Waals surface area contributed by atoms with Gasteiger partial charge in [0.05, 0.1) is 22.8 Å². The van der Waals surface area contributed by atoms with Crippen LogP contribution in [0.3, 0.4) is 0 Å². The maximum Gasteiger partial charge on any atom is 0.414 e. The number of nitrogens with two attached hydrogens (primary N) is 1. The summed E-state index contributed by atoms with van der Waals surface area (Å²) in [6.07, 6.45) is -3.28. The predicted molar refractivity (Wildman–Crippen MR) is 112 cm³/mol. The van der Waals surface area contributed by atoms with Crippen molar-refractivity contribution in [2.75, 3.05) is 0 Å². The van der Waals surface area contributed by atoms with E-state index in [1.54, 1.807) is 6.92 Å². The number of aliphatic imine (C=N–C) groups is 1. The SMILES string of the molecule is C[C@@H](NC(=O)c1cc(C(N)=O)ncn1)c1ncc(C(=O)NC2CC(C(F)(F)F)=C(Cl)C=N2)s1. The minimum Gasteiger partial charge on any atom is -0.364 e. The van der Waals surface area contributed by atoms with Crippen LogP contribution in [-0.2, 0) is 0 Å². The highest BCUT2D eigenvalue weighted by atomic mass is 35.5. The molecule has 0 saturated carbocycles. The highest BCUT2D eigenvalue weighted by molar-refractivity contribution is 7.13. The van der Waals surface area contributed by atoms with Gasteiger partial charge in [-0.25, -0.2) is 15.0 Å². The minimum absolute atomic E-state index is 0.0949. The van der Waals surface area contributed by atoms with Gasteiger partial charge >= 0.3 is 6.18 Å². The van der Waals surface area contributed by atoms with Gasteiger partial charge in [-0.2, -0.15) is 13.2 Å². The van der Waals surface area contributed by atoms with E-state index in [2.05, 4.69) is 30.6 Å². The van der Waals surface area contributed by atoms with Crippen molar-refractivity contribution < 1.29 is 27.6 Å². The Morgan fingerprint density at radius 2 is 1.91 bits per heavy atom. The number of nitrogens with zero attached hydrogens (tertiary/aromatic N) is 4. The lowest BCUT2D eigenvalue weighted by atomic mass is 10.1. The Hall–Kier alpha value is -3.39. The first-order chi connectivity index (χ1) is 15.5. The highest BCUT2D eigenvalue weighted by Crippen LogP contribution is 2.34. The lowest BCUT2D eigenvalue weighted by molar-refractivity contribution is -0.0950. The zero-order valence-electron chi connectivity index (χ0n) is 16.7. The first-order valence-electron chi connectivity index (χ1n) is 9.14. The second-order valence-corrected chi connectivity index (χ2v) is 8.18. The lowest BCUT2D eigenvalue weighted by Gasteiger charge is -2.22. The molecule has 0 radical (unpaired) electrons. The van der Waals surface area contributed by atoms with E-state index in [1.807, 2.05) is 0 Å². The minimum atomic E-state index is -4.64. The molecule has 4 N–H and O–H groups in total. The van der Waals surface area contributed by atoms with Crippen molar-refractivity contribution in [3.8, 4) is 0 Å². The van der Waals surface area contributed by atoms with Gasteiger partial charge in [-0.15, -0.1) is 11.3 Å². The third kappa shape index (κ3) is 5.90. The van der Waals surface area contributed by atoms with Crippen LogP contribution in [-0.4, -0.2) is 51.2 Å². The van der Waals surface area contributed by atoms with Crippen LogP contribution >= 0.6 is 22.9 Å². The number of halogens is 4. The summed E-state index contributed by atoms with van der Waals surface area (Å²) in [5.74, 6) is -2.13. The van der Waals surface area contributed by atoms with Crippen molar-refractivity contribution in [2.24, 2.45) is 10.7 Å². The second-order valence-electron chi connectivity index (χ2n) is 6.71. The first kappa shape index (κ1) is 24.3. The molecule has 33 heavy (non-hydrogen) atoms. The molecule has 3 heterocycles. The molecule has 0 fully saturated rings. The molecule has 174 valence electrons. The number of aromatic nitrogens is 3. The third-order valence-electron chi connectivity index (χ3n) is 4.31. The Labute approximate surface area is 193 Å². The van der Waals surface area contributed by atoms with Crippen LogP contribution in [0.25, 0.3) is 0 Å². The molecule has 0 bridgehead atoms. The van der Waals surface area contributed by atoms with Gasteiger partial charge in [-0.05, 0) is 6.92 Å². The Morgan fingerprint density at radius 3 is 2.58 bits per heavy atom. The molecule has 2 aromatic rings. The molecule has 10 nitrogen and oxygen atoms in total. The summed E-state index contributed by atoms with van der Waals surface area (Å²) < 4.78 is 39.0. The van der Waals surface area contributed by atoms with Crippen LogP contribution in [0.5, 0.6) is 0 Å². The predicted octanol–water partition coefficient (Wildman–Crippen LogP) is 2.11. The number of hydrogen-bond donors (Lipinski definition) is 3. The van der Waals surface area contributed by atoms with Crippen LogP contribution < -0.4 is 16.4 Å². The highest BCUT2D eigenvalue weighted by Gasteiger charge is 2.38. The zero-order chi connectivity index (χ0) is 24.3. The summed E-state index contributed by atoms with van der Waals surface area (Å²) in [5.41, 5.74) is 3.92. The number of thiazole rings is 1. The summed E-state index contributed by atoms with van der Waals surface area (Å²) in [4.78, 5) is 51.4. The summed E-state index contributed by atoms with van der Waals surface area (Å²) in [6, 6.07) is 0.480. The lowest BCUT2D eigenvalue weighted by Crippen LogP contribution is -2.36. The molecule has 0 spiro atoms. The van der Waals surface area contributed by atoms with Crippen molar-refractivity contribution >= 4 is 46.9 Å². The largest absolute Gasteiger partial charge is 0.414 e. The molecular weight excluding hydrogens is 487 g/mol. The Bertz CT molecular complexity index is 1170. The van der Waals surface area contributed by atoms with Crippen LogP contribution in [0.15, 0.2) is 34.2 Å². The Balaban J connectivity index is 1.63. The number of carbonyl (C=O) groups excluding carboxylic acids is 3. The fourth-order valence-corrected chi connectivity index (χ4v) is 3.74. The molecule has 3 amide bonds. The molecule has 1 aliphatic rings. The fraction of sp³-hybridized carbons (Fsp3) is 0.278. The number of rotatable bonds is 6. The average Bonchev–Trinajstić information content (AvgIpc) is 3.25. The van der Waals surface area contributed by atoms with E-state index < -0.39 is 53.1 Å². The normalized spacial score (nSPS) is 16.9. The van der Waals surface area contributed by atoms with Gasteiger partial charge in [0.2, 0.25) is 0 Å². The van der Waals surface area contributed by atoms with Gasteiger partial charge in [0.1, 0.15) is 33.8 Å². The monoisotopic (exact) mass is 501 g/mol. The van der Waals surface area contributed by atoms with Gasteiger partial charge in [-0.3, -0.25) is 19.4 Å². The Morgan fingerprint density at radius 1 is 1.21 bits per heavy atom. The number of dihydropyridines is 1. The number of allylic oxidation sites excluding steroid dienone is 1. The van der Waals surface area contributed by atoms with Crippen molar-refractivity contribution in [1.29, 1.82) is 0 Å². The van der Waals surface area contributed by atoms with Gasteiger partial charge < -0.3 is 16.4 Å². The topological polar surface area (TPSA) is 152 Å². The Kier molecular flexibility index (Phi) is 7.07. The summed E-state index contributed by atoms with van der Waals surface area (Å²) in [5, 5.41) is 4.82. The van der Waals surface area contributed by atoms with Crippen molar-refractivity contribution in [3.63, 3.8) is 0 Å². The fourth-order valence-electron chi connectivity index (χ4n) is 2.68. The van der Waals surface area contributed by atoms with E-state index in [0.717, 1.165) is 29.9 Å². The molecular formula is C18H15ClF3N7O3S. The van der Waals surface area contributed by atoms with Crippen LogP contribution in [0.1, 0.15) is 55.0 Å². The maximum absolute atomic E-state index is 13.0. The zero-order valence-corrected chi connectivity index (χ0v) is 18.3. The maximum atomic E-state index is 13.0. The average molecular weight is 502 g/mol. The number of carbonyl (C=O) groups is 3. The van der Waals surface area contributed by atoms with Crippen molar-refractivity contribution in [2.45, 2.75) is 31.7 Å². The van der Waals surface area contributed by atoms with Crippen LogP contribution in [0.4, 0.5) is 13.2 Å². The molecule has 3 rings (SSSR count). The van der Waals surface area contributed by atoms with E-state index in [4.69, 9.17) is 17.3 Å². The second kappa shape index (κ2) is 9.62. The van der Waals surface area contributed by atoms with Gasteiger partial charge in [0.25, 0.3) is 17.7 Å². The molecule has 15 heteroatoms. The van der Waals surface area contributed by atoms with E-state index in [9.17, 15) is 27.6 Å². The van der Waals surface area contributed by atoms with Crippen molar-refractivity contribution in [1.82, 2.24) is 25.6 Å².